The predicted octanol–water partition coefficient (Wildman–Crippen LogP) is 2.41. The summed E-state index contributed by atoms with van der Waals surface area (Å²) in [7, 11) is 0. The summed E-state index contributed by atoms with van der Waals surface area (Å²) in [6.45, 7) is 7.01. The third kappa shape index (κ3) is 7.77. The van der Waals surface area contributed by atoms with E-state index < -0.39 is 6.09 Å². The molecule has 8 heteroatoms. The molecule has 1 aromatic rings. The zero-order valence-corrected chi connectivity index (χ0v) is 15.0. The summed E-state index contributed by atoms with van der Waals surface area (Å²) in [6, 6.07) is 6.41. The van der Waals surface area contributed by atoms with Gasteiger partial charge in [0.1, 0.15) is 0 Å². The molecule has 132 valence electrons. The molecule has 0 saturated carbocycles. The van der Waals surface area contributed by atoms with E-state index in [1.165, 1.54) is 0 Å². The first-order valence-corrected chi connectivity index (χ1v) is 8.21. The number of thiocarbonyl (C=S) groups is 1. The van der Waals surface area contributed by atoms with Gasteiger partial charge in [-0.2, -0.15) is 0 Å². The van der Waals surface area contributed by atoms with E-state index in [0.717, 1.165) is 13.0 Å². The Morgan fingerprint density at radius 2 is 1.83 bits per heavy atom. The van der Waals surface area contributed by atoms with Gasteiger partial charge in [-0.15, -0.1) is 0 Å². The van der Waals surface area contributed by atoms with Crippen LogP contribution in [-0.2, 0) is 4.74 Å². The largest absolute Gasteiger partial charge is 0.450 e. The van der Waals surface area contributed by atoms with E-state index in [2.05, 4.69) is 35.3 Å². The molecule has 0 aliphatic carbocycles. The molecule has 0 bridgehead atoms. The van der Waals surface area contributed by atoms with Crippen LogP contribution in [0.25, 0.3) is 0 Å². The van der Waals surface area contributed by atoms with E-state index in [-0.39, 0.29) is 5.91 Å². The van der Waals surface area contributed by atoms with E-state index >= 15 is 0 Å². The van der Waals surface area contributed by atoms with E-state index in [4.69, 9.17) is 17.0 Å². The number of carbonyl (C=O) groups is 2. The fourth-order valence-corrected chi connectivity index (χ4v) is 1.85. The molecule has 1 aromatic carbocycles. The lowest BCUT2D eigenvalue weighted by molar-refractivity contribution is 0.0943. The summed E-state index contributed by atoms with van der Waals surface area (Å²) < 4.78 is 4.77. The van der Waals surface area contributed by atoms with Gasteiger partial charge in [0, 0.05) is 17.8 Å². The molecular weight excluding hydrogens is 328 g/mol. The van der Waals surface area contributed by atoms with Crippen molar-refractivity contribution in [1.29, 1.82) is 0 Å². The second kappa shape index (κ2) is 10.4. The Balaban J connectivity index is 2.39. The number of hydrogen-bond donors (Lipinski definition) is 4. The fourth-order valence-electron chi connectivity index (χ4n) is 1.69. The minimum Gasteiger partial charge on any atom is -0.450 e. The van der Waals surface area contributed by atoms with Gasteiger partial charge in [-0.05, 0) is 55.7 Å². The molecule has 0 aromatic heterocycles. The molecule has 0 aliphatic rings. The maximum absolute atomic E-state index is 12.0. The number of hydrazine groups is 1. The number of benzene rings is 1. The van der Waals surface area contributed by atoms with Gasteiger partial charge in [0.2, 0.25) is 0 Å². The van der Waals surface area contributed by atoms with Crippen molar-refractivity contribution < 1.29 is 14.3 Å². The summed E-state index contributed by atoms with van der Waals surface area (Å²) in [4.78, 5) is 23.3. The van der Waals surface area contributed by atoms with Crippen LogP contribution in [0.15, 0.2) is 24.3 Å². The highest BCUT2D eigenvalue weighted by molar-refractivity contribution is 7.80. The Kier molecular flexibility index (Phi) is 8.56. The zero-order valence-electron chi connectivity index (χ0n) is 14.1. The van der Waals surface area contributed by atoms with Crippen molar-refractivity contribution in [2.24, 2.45) is 5.92 Å². The van der Waals surface area contributed by atoms with Crippen molar-refractivity contribution in [2.75, 3.05) is 18.5 Å². The third-order valence-electron chi connectivity index (χ3n) is 2.97. The van der Waals surface area contributed by atoms with E-state index in [9.17, 15) is 9.59 Å². The number of amides is 2. The van der Waals surface area contributed by atoms with Crippen molar-refractivity contribution in [3.63, 3.8) is 0 Å². The van der Waals surface area contributed by atoms with Crippen molar-refractivity contribution >= 4 is 35.0 Å². The fraction of sp³-hybridized carbons (Fsp3) is 0.438. The Morgan fingerprint density at radius 1 is 1.17 bits per heavy atom. The lowest BCUT2D eigenvalue weighted by atomic mass is 10.1. The maximum Gasteiger partial charge on any atom is 0.411 e. The van der Waals surface area contributed by atoms with Crippen LogP contribution < -0.4 is 21.5 Å². The maximum atomic E-state index is 12.0. The zero-order chi connectivity index (χ0) is 17.9. The van der Waals surface area contributed by atoms with Crippen molar-refractivity contribution in [3.05, 3.63) is 29.8 Å². The molecule has 1 rings (SSSR count). The van der Waals surface area contributed by atoms with Gasteiger partial charge in [-0.25, -0.2) is 4.79 Å². The summed E-state index contributed by atoms with van der Waals surface area (Å²) >= 11 is 5.07. The number of hydrogen-bond acceptors (Lipinski definition) is 4. The molecule has 2 amide bonds. The molecule has 24 heavy (non-hydrogen) atoms. The Bertz CT molecular complexity index is 561. The Labute approximate surface area is 147 Å². The van der Waals surface area contributed by atoms with Crippen molar-refractivity contribution in [2.45, 2.75) is 27.2 Å². The number of ether oxygens (including phenoxy) is 1. The van der Waals surface area contributed by atoms with Gasteiger partial charge in [0.05, 0.1) is 6.61 Å². The number of carbonyl (C=O) groups excluding carboxylic acids is 2. The van der Waals surface area contributed by atoms with Crippen LogP contribution >= 0.6 is 12.2 Å². The van der Waals surface area contributed by atoms with E-state index in [1.54, 1.807) is 31.2 Å². The van der Waals surface area contributed by atoms with Crippen LogP contribution in [0.2, 0.25) is 0 Å². The highest BCUT2D eigenvalue weighted by Gasteiger charge is 2.07. The molecule has 0 saturated heterocycles. The lowest BCUT2D eigenvalue weighted by Crippen LogP contribution is -2.47. The first-order chi connectivity index (χ1) is 11.4. The van der Waals surface area contributed by atoms with Gasteiger partial charge in [0.25, 0.3) is 5.91 Å². The van der Waals surface area contributed by atoms with Crippen LogP contribution in [0, 0.1) is 5.92 Å². The molecule has 0 atom stereocenters. The van der Waals surface area contributed by atoms with Gasteiger partial charge >= 0.3 is 6.09 Å². The Hall–Kier alpha value is -2.35. The Morgan fingerprint density at radius 3 is 2.42 bits per heavy atom. The molecule has 7 nitrogen and oxygen atoms in total. The predicted molar refractivity (Wildman–Crippen MR) is 97.7 cm³/mol. The van der Waals surface area contributed by atoms with Gasteiger partial charge < -0.3 is 10.1 Å². The van der Waals surface area contributed by atoms with Crippen LogP contribution in [0.5, 0.6) is 0 Å². The van der Waals surface area contributed by atoms with Gasteiger partial charge in [-0.3, -0.25) is 21.0 Å². The highest BCUT2D eigenvalue weighted by atomic mass is 32.1. The molecule has 4 N–H and O–H groups in total. The number of nitrogens with one attached hydrogen (secondary N) is 4. The summed E-state index contributed by atoms with van der Waals surface area (Å²) in [5, 5.41) is 5.93. The van der Waals surface area contributed by atoms with Crippen LogP contribution in [0.3, 0.4) is 0 Å². The normalized spacial score (nSPS) is 10.0. The second-order valence-corrected chi connectivity index (χ2v) is 5.85. The lowest BCUT2D eigenvalue weighted by Gasteiger charge is -2.12. The minimum atomic E-state index is -0.533. The topological polar surface area (TPSA) is 91.5 Å². The molecule has 0 unspecified atom stereocenters. The van der Waals surface area contributed by atoms with E-state index in [0.29, 0.717) is 28.9 Å². The molecule has 0 heterocycles. The number of rotatable bonds is 6. The molecular formula is C16H24N4O3S. The van der Waals surface area contributed by atoms with Crippen molar-refractivity contribution in [1.82, 2.24) is 16.2 Å². The average Bonchev–Trinajstić information content (AvgIpc) is 2.53. The van der Waals surface area contributed by atoms with Crippen LogP contribution in [0.4, 0.5) is 10.5 Å². The standard InChI is InChI=1S/C16H24N4O3S/c1-4-23-16(22)18-13-7-5-12(6-8-13)14(21)19-20-15(24)17-10-9-11(2)3/h5-8,11H,4,9-10H2,1-3H3,(H,18,22)(H,19,21)(H2,17,20,24). The monoisotopic (exact) mass is 352 g/mol. The van der Waals surface area contributed by atoms with Gasteiger partial charge in [-0.1, -0.05) is 13.8 Å². The first-order valence-electron chi connectivity index (χ1n) is 7.80. The smallest absolute Gasteiger partial charge is 0.411 e. The third-order valence-corrected chi connectivity index (χ3v) is 3.21. The quantitative estimate of drug-likeness (QED) is 0.464. The van der Waals surface area contributed by atoms with Crippen molar-refractivity contribution in [3.8, 4) is 0 Å². The second-order valence-electron chi connectivity index (χ2n) is 5.44. The first kappa shape index (κ1) is 19.7. The SMILES string of the molecule is CCOC(=O)Nc1ccc(C(=O)NNC(=S)NCCC(C)C)cc1. The van der Waals surface area contributed by atoms with Gasteiger partial charge in [0.15, 0.2) is 5.11 Å². The molecule has 0 radical (unpaired) electrons. The van der Waals surface area contributed by atoms with Crippen LogP contribution in [0.1, 0.15) is 37.6 Å². The molecule has 0 fully saturated rings. The minimum absolute atomic E-state index is 0.295. The number of anilines is 1. The summed E-state index contributed by atoms with van der Waals surface area (Å²) in [6.07, 6.45) is 0.458. The molecule has 0 aliphatic heterocycles. The van der Waals surface area contributed by atoms with Crippen LogP contribution in [-0.4, -0.2) is 30.3 Å². The van der Waals surface area contributed by atoms with E-state index in [1.807, 2.05) is 0 Å². The average molecular weight is 352 g/mol. The summed E-state index contributed by atoms with van der Waals surface area (Å²) in [5.74, 6) is 0.252. The molecule has 0 spiro atoms. The summed E-state index contributed by atoms with van der Waals surface area (Å²) in [5.41, 5.74) is 6.14. The highest BCUT2D eigenvalue weighted by Crippen LogP contribution is 2.09.